The molecule has 1 aromatic heterocycles. The van der Waals surface area contributed by atoms with Crippen molar-refractivity contribution in [3.05, 3.63) is 65.5 Å². The molecule has 0 spiro atoms. The maximum absolute atomic E-state index is 11.9. The van der Waals surface area contributed by atoms with E-state index in [9.17, 15) is 9.59 Å². The highest BCUT2D eigenvalue weighted by Crippen LogP contribution is 2.05. The summed E-state index contributed by atoms with van der Waals surface area (Å²) in [6, 6.07) is 11.2. The third kappa shape index (κ3) is 6.75. The molecule has 0 aliphatic heterocycles. The van der Waals surface area contributed by atoms with E-state index in [0.717, 1.165) is 24.0 Å². The summed E-state index contributed by atoms with van der Waals surface area (Å²) in [7, 11) is 0. The lowest BCUT2D eigenvalue weighted by molar-refractivity contribution is -0.121. The maximum atomic E-state index is 11.9. The summed E-state index contributed by atoms with van der Waals surface area (Å²) in [4.78, 5) is 27.9. The van der Waals surface area contributed by atoms with Crippen molar-refractivity contribution in [1.29, 1.82) is 0 Å². The Hall–Kier alpha value is -2.69. The lowest BCUT2D eigenvalue weighted by Gasteiger charge is -2.07. The Morgan fingerprint density at radius 1 is 1.04 bits per heavy atom. The van der Waals surface area contributed by atoms with Gasteiger partial charge in [-0.25, -0.2) is 0 Å². The topological polar surface area (TPSA) is 71.1 Å². The van der Waals surface area contributed by atoms with E-state index in [4.69, 9.17) is 0 Å². The minimum Gasteiger partial charge on any atom is -0.352 e. The number of nitrogens with one attached hydrogen (secondary N) is 2. The molecule has 0 atom stereocenters. The molecule has 2 N–H and O–H groups in total. The van der Waals surface area contributed by atoms with Crippen molar-refractivity contribution >= 4 is 11.8 Å². The van der Waals surface area contributed by atoms with Crippen LogP contribution in [0.4, 0.5) is 0 Å². The van der Waals surface area contributed by atoms with E-state index in [-0.39, 0.29) is 11.8 Å². The van der Waals surface area contributed by atoms with Gasteiger partial charge in [0.1, 0.15) is 0 Å². The van der Waals surface area contributed by atoms with Gasteiger partial charge in [0.05, 0.1) is 0 Å². The number of hydrogen-bond acceptors (Lipinski definition) is 3. The highest BCUT2D eigenvalue weighted by atomic mass is 16.2. The van der Waals surface area contributed by atoms with Gasteiger partial charge in [-0.15, -0.1) is 0 Å². The molecular formula is C20H25N3O2. The molecule has 0 fully saturated rings. The highest BCUT2D eigenvalue weighted by Gasteiger charge is 2.06. The number of unbranched alkanes of at least 4 members (excludes halogenated alkanes) is 1. The first-order valence-electron chi connectivity index (χ1n) is 8.71. The van der Waals surface area contributed by atoms with Gasteiger partial charge in [0.25, 0.3) is 5.91 Å². The number of pyridine rings is 1. The molecule has 1 heterocycles. The van der Waals surface area contributed by atoms with Crippen molar-refractivity contribution < 1.29 is 9.59 Å². The molecule has 0 unspecified atom stereocenters. The van der Waals surface area contributed by atoms with Crippen molar-refractivity contribution in [2.24, 2.45) is 0 Å². The van der Waals surface area contributed by atoms with E-state index in [0.29, 0.717) is 31.5 Å². The Labute approximate surface area is 148 Å². The zero-order valence-corrected chi connectivity index (χ0v) is 14.6. The number of benzene rings is 1. The van der Waals surface area contributed by atoms with Crippen LogP contribution < -0.4 is 10.6 Å². The number of nitrogens with zero attached hydrogens (tertiary/aromatic N) is 1. The Balaban J connectivity index is 1.73. The van der Waals surface area contributed by atoms with E-state index in [2.05, 4.69) is 22.5 Å². The van der Waals surface area contributed by atoms with Crippen molar-refractivity contribution in [2.75, 3.05) is 6.54 Å². The molecule has 132 valence electrons. The van der Waals surface area contributed by atoms with Gasteiger partial charge in [-0.3, -0.25) is 14.6 Å². The maximum Gasteiger partial charge on any atom is 0.251 e. The molecule has 0 saturated carbocycles. The first-order valence-corrected chi connectivity index (χ1v) is 8.71. The Morgan fingerprint density at radius 3 is 2.52 bits per heavy atom. The van der Waals surface area contributed by atoms with E-state index >= 15 is 0 Å². The van der Waals surface area contributed by atoms with Gasteiger partial charge < -0.3 is 10.6 Å². The first kappa shape index (κ1) is 18.6. The molecule has 2 rings (SSSR count). The van der Waals surface area contributed by atoms with Crippen LogP contribution in [0.15, 0.2) is 48.8 Å². The van der Waals surface area contributed by atoms with Crippen LogP contribution in [0, 0.1) is 0 Å². The summed E-state index contributed by atoms with van der Waals surface area (Å²) >= 11 is 0. The zero-order chi connectivity index (χ0) is 17.9. The van der Waals surface area contributed by atoms with Crippen LogP contribution in [0.1, 0.15) is 47.7 Å². The molecule has 0 aliphatic rings. The average molecular weight is 339 g/mol. The summed E-state index contributed by atoms with van der Waals surface area (Å²) in [6.45, 7) is 3.25. The van der Waals surface area contributed by atoms with Crippen molar-refractivity contribution in [3.8, 4) is 0 Å². The monoisotopic (exact) mass is 339 g/mol. The fourth-order valence-corrected chi connectivity index (χ4v) is 2.35. The zero-order valence-electron chi connectivity index (χ0n) is 14.6. The predicted molar refractivity (Wildman–Crippen MR) is 98.1 cm³/mol. The quantitative estimate of drug-likeness (QED) is 0.690. The van der Waals surface area contributed by atoms with Gasteiger partial charge >= 0.3 is 0 Å². The van der Waals surface area contributed by atoms with E-state index in [1.165, 1.54) is 0 Å². The summed E-state index contributed by atoms with van der Waals surface area (Å²) in [5.74, 6) is -0.0502. The highest BCUT2D eigenvalue weighted by molar-refractivity contribution is 5.94. The minimum absolute atomic E-state index is 0.00485. The number of aryl methyl sites for hydroxylation is 1. The van der Waals surface area contributed by atoms with E-state index < -0.39 is 0 Å². The van der Waals surface area contributed by atoms with Crippen LogP contribution >= 0.6 is 0 Å². The van der Waals surface area contributed by atoms with Gasteiger partial charge in [0.2, 0.25) is 5.91 Å². The van der Waals surface area contributed by atoms with Crippen molar-refractivity contribution in [3.63, 3.8) is 0 Å². The molecule has 0 radical (unpaired) electrons. The van der Waals surface area contributed by atoms with Crippen LogP contribution in [-0.4, -0.2) is 23.3 Å². The van der Waals surface area contributed by atoms with Crippen molar-refractivity contribution in [2.45, 2.75) is 39.2 Å². The predicted octanol–water partition coefficient (Wildman–Crippen LogP) is 2.86. The second kappa shape index (κ2) is 10.2. The van der Waals surface area contributed by atoms with Crippen LogP contribution in [-0.2, 0) is 17.8 Å². The van der Waals surface area contributed by atoms with Gasteiger partial charge in [-0.1, -0.05) is 31.5 Å². The Kier molecular flexibility index (Phi) is 7.63. The second-order valence-corrected chi connectivity index (χ2v) is 5.94. The Morgan fingerprint density at radius 2 is 1.84 bits per heavy atom. The number of amides is 2. The molecule has 0 saturated heterocycles. The van der Waals surface area contributed by atoms with Crippen molar-refractivity contribution in [1.82, 2.24) is 15.6 Å². The van der Waals surface area contributed by atoms with Gasteiger partial charge in [-0.05, 0) is 42.2 Å². The normalized spacial score (nSPS) is 10.3. The molecule has 0 aliphatic carbocycles. The summed E-state index contributed by atoms with van der Waals surface area (Å²) in [5, 5.41) is 5.79. The SMILES string of the molecule is CCCCNC(=O)c1ccc(CNC(=O)CCc2cccnc2)cc1. The molecule has 2 aromatic rings. The third-order valence-corrected chi connectivity index (χ3v) is 3.89. The fraction of sp³-hybridized carbons (Fsp3) is 0.350. The van der Waals surface area contributed by atoms with E-state index in [1.54, 1.807) is 24.5 Å². The lowest BCUT2D eigenvalue weighted by Crippen LogP contribution is -2.25. The molecule has 5 nitrogen and oxygen atoms in total. The molecule has 2 amide bonds. The summed E-state index contributed by atoms with van der Waals surface area (Å²) in [5.41, 5.74) is 2.67. The van der Waals surface area contributed by atoms with Crippen LogP contribution in [0.5, 0.6) is 0 Å². The van der Waals surface area contributed by atoms with Gasteiger partial charge in [0, 0.05) is 37.5 Å². The number of aromatic nitrogens is 1. The molecule has 0 bridgehead atoms. The van der Waals surface area contributed by atoms with Crippen LogP contribution in [0.25, 0.3) is 0 Å². The molecule has 5 heteroatoms. The largest absolute Gasteiger partial charge is 0.352 e. The fourth-order valence-electron chi connectivity index (χ4n) is 2.35. The van der Waals surface area contributed by atoms with Crippen LogP contribution in [0.2, 0.25) is 0 Å². The summed E-state index contributed by atoms with van der Waals surface area (Å²) < 4.78 is 0. The molecule has 1 aromatic carbocycles. The third-order valence-electron chi connectivity index (χ3n) is 3.89. The molecular weight excluding hydrogens is 314 g/mol. The van der Waals surface area contributed by atoms with Gasteiger partial charge in [-0.2, -0.15) is 0 Å². The first-order chi connectivity index (χ1) is 12.2. The number of carbonyl (C=O) groups excluding carboxylic acids is 2. The number of hydrogen-bond donors (Lipinski definition) is 2. The summed E-state index contributed by atoms with van der Waals surface area (Å²) in [6.07, 6.45) is 6.64. The molecule has 25 heavy (non-hydrogen) atoms. The number of carbonyl (C=O) groups is 2. The van der Waals surface area contributed by atoms with Crippen LogP contribution in [0.3, 0.4) is 0 Å². The number of rotatable bonds is 9. The minimum atomic E-state index is -0.0551. The smallest absolute Gasteiger partial charge is 0.251 e. The van der Waals surface area contributed by atoms with Gasteiger partial charge in [0.15, 0.2) is 0 Å². The second-order valence-electron chi connectivity index (χ2n) is 5.94. The Bertz CT molecular complexity index is 669. The average Bonchev–Trinajstić information content (AvgIpc) is 2.66. The lowest BCUT2D eigenvalue weighted by atomic mass is 10.1. The van der Waals surface area contributed by atoms with E-state index in [1.807, 2.05) is 24.3 Å². The standard InChI is InChI=1S/C20H25N3O2/c1-2-3-13-22-20(25)18-9-6-17(7-10-18)15-23-19(24)11-8-16-5-4-12-21-14-16/h4-7,9-10,12,14H,2-3,8,11,13,15H2,1H3,(H,22,25)(H,23,24).